The number of nitrogens with two attached hydrogens (primary N) is 1. The lowest BCUT2D eigenvalue weighted by Crippen LogP contribution is -2.36. The summed E-state index contributed by atoms with van der Waals surface area (Å²) in [4.78, 5) is 34.8. The van der Waals surface area contributed by atoms with Crippen molar-refractivity contribution in [3.63, 3.8) is 0 Å². The minimum Gasteiger partial charge on any atom is -0.398 e. The number of thioether (sulfide) groups is 1. The molecule has 12 nitrogen and oxygen atoms in total. The maximum atomic E-state index is 12.0. The number of benzene rings is 1. The van der Waals surface area contributed by atoms with E-state index >= 15 is 0 Å². The molecule has 2 saturated heterocycles. The van der Waals surface area contributed by atoms with Gasteiger partial charge in [-0.3, -0.25) is 14.4 Å². The van der Waals surface area contributed by atoms with Crippen LogP contribution < -0.4 is 27.0 Å². The number of aldehydes is 1. The van der Waals surface area contributed by atoms with Crippen LogP contribution in [0.3, 0.4) is 0 Å². The van der Waals surface area contributed by atoms with Crippen LogP contribution in [0.2, 0.25) is 0 Å². The highest BCUT2D eigenvalue weighted by molar-refractivity contribution is 8.00. The summed E-state index contributed by atoms with van der Waals surface area (Å²) < 4.78 is 21.8. The molecule has 0 aliphatic carbocycles. The lowest BCUT2D eigenvalue weighted by Gasteiger charge is -2.17. The van der Waals surface area contributed by atoms with Gasteiger partial charge in [-0.25, -0.2) is 0 Å². The van der Waals surface area contributed by atoms with Crippen molar-refractivity contribution < 1.29 is 33.3 Å². The molecule has 0 radical (unpaired) electrons. The van der Waals surface area contributed by atoms with Gasteiger partial charge < -0.3 is 45.9 Å². The summed E-state index contributed by atoms with van der Waals surface area (Å²) in [5.74, 6) is 1.91. The number of nitrogen functional groups attached to an aromatic ring is 1. The zero-order valence-electron chi connectivity index (χ0n) is 24.2. The van der Waals surface area contributed by atoms with Gasteiger partial charge in [-0.05, 0) is 31.0 Å². The van der Waals surface area contributed by atoms with Crippen LogP contribution in [0, 0.1) is 0 Å². The van der Waals surface area contributed by atoms with Crippen LogP contribution in [0.25, 0.3) is 0 Å². The van der Waals surface area contributed by atoms with Gasteiger partial charge in [-0.1, -0.05) is 13.0 Å². The highest BCUT2D eigenvalue weighted by atomic mass is 32.2. The summed E-state index contributed by atoms with van der Waals surface area (Å²) in [6.07, 6.45) is 4.45. The third-order valence-corrected chi connectivity index (χ3v) is 8.33. The van der Waals surface area contributed by atoms with Gasteiger partial charge in [0.1, 0.15) is 0 Å². The van der Waals surface area contributed by atoms with E-state index in [-0.39, 0.29) is 24.8 Å². The summed E-state index contributed by atoms with van der Waals surface area (Å²) >= 11 is 2.00. The average Bonchev–Trinajstić information content (AvgIpc) is 3.52. The first kappa shape index (κ1) is 33.7. The lowest BCUT2D eigenvalue weighted by molar-refractivity contribution is -0.121. The Balaban J connectivity index is 1.02. The molecule has 0 bridgehead atoms. The molecule has 2 fully saturated rings. The van der Waals surface area contributed by atoms with E-state index < -0.39 is 0 Å². The first-order valence-electron chi connectivity index (χ1n) is 14.5. The number of rotatable bonds is 22. The van der Waals surface area contributed by atoms with Crippen LogP contribution in [0.5, 0.6) is 0 Å². The van der Waals surface area contributed by atoms with E-state index in [0.717, 1.165) is 30.8 Å². The van der Waals surface area contributed by atoms with Crippen molar-refractivity contribution >= 4 is 41.2 Å². The number of hydrogen-bond acceptors (Lipinski definition) is 11. The summed E-state index contributed by atoms with van der Waals surface area (Å²) in [5, 5.41) is 13.0. The van der Waals surface area contributed by atoms with Crippen LogP contribution in [-0.2, 0) is 28.5 Å². The fourth-order valence-corrected chi connectivity index (χ4v) is 6.18. The molecule has 13 heteroatoms. The van der Waals surface area contributed by atoms with Gasteiger partial charge in [0.25, 0.3) is 0 Å². The van der Waals surface area contributed by atoms with Gasteiger partial charge in [-0.2, -0.15) is 11.8 Å². The molecule has 2 aliphatic heterocycles. The predicted molar refractivity (Wildman–Crippen MR) is 163 cm³/mol. The molecule has 6 N–H and O–H groups in total. The lowest BCUT2D eigenvalue weighted by atomic mass is 10.0. The van der Waals surface area contributed by atoms with Crippen molar-refractivity contribution in [2.75, 3.05) is 76.2 Å². The zero-order valence-corrected chi connectivity index (χ0v) is 25.0. The molecule has 0 aromatic heterocycles. The molecule has 1 aromatic rings. The highest BCUT2D eigenvalue weighted by Crippen LogP contribution is 2.34. The summed E-state index contributed by atoms with van der Waals surface area (Å²) in [5.41, 5.74) is 6.96. The maximum Gasteiger partial charge on any atom is 0.226 e. The molecule has 234 valence electrons. The second-order valence-corrected chi connectivity index (χ2v) is 11.3. The summed E-state index contributed by atoms with van der Waals surface area (Å²) in [6.45, 7) is 7.71. The normalized spacial score (nSPS) is 19.1. The Labute approximate surface area is 252 Å². The van der Waals surface area contributed by atoms with Crippen LogP contribution in [0.15, 0.2) is 30.6 Å². The average molecular weight is 608 g/mol. The van der Waals surface area contributed by atoms with Gasteiger partial charge in [0.2, 0.25) is 11.8 Å². The second-order valence-electron chi connectivity index (χ2n) is 10.1. The Morgan fingerprint density at radius 1 is 0.952 bits per heavy atom. The minimum absolute atomic E-state index is 0.0677. The SMILES string of the molecule is C=C1NC2CSC(CCCCC(=O)NCCOCCOCCOCCOCCC(=O)Nc3ccc(C=O)c(N)c3)C2N1. The van der Waals surface area contributed by atoms with Gasteiger partial charge in [0, 0.05) is 40.9 Å². The van der Waals surface area contributed by atoms with E-state index in [9.17, 15) is 14.4 Å². The minimum atomic E-state index is -0.207. The number of unbranched alkanes of at least 4 members (excludes halogenated alkanes) is 1. The molecule has 3 unspecified atom stereocenters. The molecule has 0 saturated carbocycles. The van der Waals surface area contributed by atoms with E-state index in [1.807, 2.05) is 11.8 Å². The molecule has 2 heterocycles. The Morgan fingerprint density at radius 3 is 2.33 bits per heavy atom. The van der Waals surface area contributed by atoms with Gasteiger partial charge in [0.05, 0.1) is 77.2 Å². The van der Waals surface area contributed by atoms with E-state index in [0.29, 0.717) is 99.8 Å². The fourth-order valence-electron chi connectivity index (χ4n) is 4.64. The Bertz CT molecular complexity index is 1010. The predicted octanol–water partition coefficient (Wildman–Crippen LogP) is 1.67. The Morgan fingerprint density at radius 2 is 1.64 bits per heavy atom. The molecular formula is C29H45N5O7S. The van der Waals surface area contributed by atoms with Crippen molar-refractivity contribution in [3.05, 3.63) is 36.2 Å². The molecule has 1 aromatic carbocycles. The van der Waals surface area contributed by atoms with Crippen molar-refractivity contribution in [1.29, 1.82) is 0 Å². The first-order chi connectivity index (χ1) is 20.5. The van der Waals surface area contributed by atoms with Crippen LogP contribution in [0.1, 0.15) is 42.5 Å². The smallest absolute Gasteiger partial charge is 0.226 e. The standard InChI is InChI=1S/C29H45N5O7S/c1-21-32-25-20-42-26(29(25)33-21)4-2-3-5-27(36)31-9-11-39-13-15-41-17-16-40-14-12-38-10-8-28(37)34-23-7-6-22(19-35)24(30)18-23/h6-7,18-19,25-26,29,32-33H,1-5,8-17,20,30H2,(H,31,36)(H,34,37). The van der Waals surface area contributed by atoms with Crippen molar-refractivity contribution in [2.45, 2.75) is 49.4 Å². The van der Waals surface area contributed by atoms with E-state index in [2.05, 4.69) is 27.8 Å². The van der Waals surface area contributed by atoms with Crippen LogP contribution in [0.4, 0.5) is 11.4 Å². The van der Waals surface area contributed by atoms with E-state index in [1.54, 1.807) is 18.2 Å². The summed E-state index contributed by atoms with van der Waals surface area (Å²) in [6, 6.07) is 5.68. The summed E-state index contributed by atoms with van der Waals surface area (Å²) in [7, 11) is 0. The van der Waals surface area contributed by atoms with Gasteiger partial charge >= 0.3 is 0 Å². The second kappa shape index (κ2) is 19.4. The third-order valence-electron chi connectivity index (χ3n) is 6.82. The quantitative estimate of drug-likeness (QED) is 0.0741. The van der Waals surface area contributed by atoms with Gasteiger partial charge in [-0.15, -0.1) is 0 Å². The van der Waals surface area contributed by atoms with Crippen molar-refractivity contribution in [3.8, 4) is 0 Å². The Kier molecular flexibility index (Phi) is 15.5. The highest BCUT2D eigenvalue weighted by Gasteiger charge is 2.40. The number of hydrogen-bond donors (Lipinski definition) is 5. The number of fused-ring (bicyclic) bond motifs is 1. The van der Waals surface area contributed by atoms with E-state index in [1.165, 1.54) is 0 Å². The number of carbonyl (C=O) groups excluding carboxylic acids is 3. The maximum absolute atomic E-state index is 12.0. The van der Waals surface area contributed by atoms with Crippen LogP contribution in [-0.4, -0.2) is 101 Å². The zero-order chi connectivity index (χ0) is 30.0. The number of anilines is 2. The number of amides is 2. The molecule has 42 heavy (non-hydrogen) atoms. The van der Waals surface area contributed by atoms with Gasteiger partial charge in [0.15, 0.2) is 6.29 Å². The molecule has 3 atom stereocenters. The van der Waals surface area contributed by atoms with Crippen molar-refractivity contribution in [2.24, 2.45) is 0 Å². The number of ether oxygens (including phenoxy) is 4. The monoisotopic (exact) mass is 607 g/mol. The Hall–Kier alpha value is -2.84. The first-order valence-corrected chi connectivity index (χ1v) is 15.6. The molecule has 2 aliphatic rings. The largest absolute Gasteiger partial charge is 0.398 e. The number of carbonyl (C=O) groups is 3. The molecule has 3 rings (SSSR count). The molecule has 2 amide bonds. The fraction of sp³-hybridized carbons (Fsp3) is 0.621. The molecular weight excluding hydrogens is 562 g/mol. The topological polar surface area (TPSA) is 162 Å². The molecule has 0 spiro atoms. The third kappa shape index (κ3) is 12.6. The number of nitrogens with one attached hydrogen (secondary N) is 4. The van der Waals surface area contributed by atoms with E-state index in [4.69, 9.17) is 24.7 Å². The van der Waals surface area contributed by atoms with Crippen molar-refractivity contribution in [1.82, 2.24) is 16.0 Å². The van der Waals surface area contributed by atoms with Crippen LogP contribution >= 0.6 is 11.8 Å².